The maximum absolute atomic E-state index is 5.31. The van der Waals surface area contributed by atoms with Crippen LogP contribution < -0.4 is 0 Å². The van der Waals surface area contributed by atoms with Crippen LogP contribution in [0.1, 0.15) is 25.0 Å². The van der Waals surface area contributed by atoms with Crippen LogP contribution in [-0.4, -0.2) is 14.5 Å². The molecule has 0 saturated heterocycles. The zero-order valence-electron chi connectivity index (χ0n) is 27.9. The average Bonchev–Trinajstić information content (AvgIpc) is 3.63. The Balaban J connectivity index is 1.26. The normalized spacial score (nSPS) is 13.2. The molecule has 1 aliphatic rings. The predicted molar refractivity (Wildman–Crippen MR) is 208 cm³/mol. The predicted octanol–water partition coefficient (Wildman–Crippen LogP) is 12.0. The van der Waals surface area contributed by atoms with E-state index in [9.17, 15) is 0 Å². The van der Waals surface area contributed by atoms with Gasteiger partial charge in [0.15, 0.2) is 5.82 Å². The Bertz CT molecular complexity index is 2770. The Kier molecular flexibility index (Phi) is 6.22. The van der Waals surface area contributed by atoms with Crippen molar-refractivity contribution in [1.82, 2.24) is 14.5 Å². The Morgan fingerprint density at radius 2 is 1.14 bits per heavy atom. The van der Waals surface area contributed by atoms with Crippen LogP contribution >= 0.6 is 0 Å². The molecule has 0 spiro atoms. The summed E-state index contributed by atoms with van der Waals surface area (Å²) < 4.78 is 2.39. The zero-order valence-corrected chi connectivity index (χ0v) is 27.9. The molecule has 0 unspecified atom stereocenters. The molecule has 0 saturated carbocycles. The summed E-state index contributed by atoms with van der Waals surface area (Å²) in [5, 5.41) is 3.42. The zero-order chi connectivity index (χ0) is 33.4. The van der Waals surface area contributed by atoms with Crippen LogP contribution in [0.2, 0.25) is 0 Å². The third-order valence-electron chi connectivity index (χ3n) is 10.6. The van der Waals surface area contributed by atoms with E-state index in [0.29, 0.717) is 5.82 Å². The summed E-state index contributed by atoms with van der Waals surface area (Å²) in [6.07, 6.45) is 0. The monoisotopic (exact) mass is 639 g/mol. The van der Waals surface area contributed by atoms with Gasteiger partial charge in [0.2, 0.25) is 0 Å². The highest BCUT2D eigenvalue weighted by Crippen LogP contribution is 2.52. The number of rotatable bonds is 4. The molecule has 0 fully saturated rings. The fourth-order valence-electron chi connectivity index (χ4n) is 8.27. The Morgan fingerprint density at radius 3 is 2.00 bits per heavy atom. The van der Waals surface area contributed by atoms with Gasteiger partial charge in [-0.2, -0.15) is 0 Å². The molecule has 236 valence electrons. The van der Waals surface area contributed by atoms with Crippen molar-refractivity contribution in [3.8, 4) is 50.6 Å². The number of hydrogen-bond acceptors (Lipinski definition) is 2. The SMILES string of the molecule is CC1(C)c2ccccc2-c2c(-c3ccc4c(c3)c3cccc(-c5nc(-c6ccccc6)c6ccccc6n5)c3n4-c3ccccc3)cccc21. The van der Waals surface area contributed by atoms with Gasteiger partial charge in [0.25, 0.3) is 0 Å². The molecule has 0 bridgehead atoms. The van der Waals surface area contributed by atoms with Gasteiger partial charge in [-0.3, -0.25) is 0 Å². The number of benzene rings is 7. The van der Waals surface area contributed by atoms with Crippen LogP contribution in [-0.2, 0) is 5.41 Å². The van der Waals surface area contributed by atoms with E-state index < -0.39 is 0 Å². The topological polar surface area (TPSA) is 30.7 Å². The van der Waals surface area contributed by atoms with Gasteiger partial charge in [-0.1, -0.05) is 141 Å². The summed E-state index contributed by atoms with van der Waals surface area (Å²) >= 11 is 0. The van der Waals surface area contributed by atoms with E-state index in [2.05, 4.69) is 176 Å². The van der Waals surface area contributed by atoms with E-state index in [1.807, 2.05) is 6.07 Å². The fraction of sp³-hybridized carbons (Fsp3) is 0.0638. The quantitative estimate of drug-likeness (QED) is 0.192. The summed E-state index contributed by atoms with van der Waals surface area (Å²) in [7, 11) is 0. The van der Waals surface area contributed by atoms with Crippen LogP contribution in [0.3, 0.4) is 0 Å². The lowest BCUT2D eigenvalue weighted by Crippen LogP contribution is -2.14. The number of hydrogen-bond donors (Lipinski definition) is 0. The van der Waals surface area contributed by atoms with E-state index in [1.54, 1.807) is 0 Å². The second-order valence-electron chi connectivity index (χ2n) is 13.8. The molecule has 0 atom stereocenters. The highest BCUT2D eigenvalue weighted by Gasteiger charge is 2.36. The minimum atomic E-state index is -0.0528. The lowest BCUT2D eigenvalue weighted by Gasteiger charge is -2.21. The number of para-hydroxylation sites is 3. The molecule has 10 rings (SSSR count). The first-order valence-electron chi connectivity index (χ1n) is 17.3. The molecule has 0 amide bonds. The second-order valence-corrected chi connectivity index (χ2v) is 13.8. The first-order chi connectivity index (χ1) is 24.6. The minimum absolute atomic E-state index is 0.0528. The molecule has 3 nitrogen and oxygen atoms in total. The van der Waals surface area contributed by atoms with Crippen molar-refractivity contribution in [3.05, 3.63) is 175 Å². The van der Waals surface area contributed by atoms with Crippen LogP contribution in [0.4, 0.5) is 0 Å². The summed E-state index contributed by atoms with van der Waals surface area (Å²) in [5.41, 5.74) is 15.2. The lowest BCUT2D eigenvalue weighted by atomic mass is 9.82. The Hall–Kier alpha value is -6.32. The highest BCUT2D eigenvalue weighted by molar-refractivity contribution is 6.15. The largest absolute Gasteiger partial charge is 0.308 e. The van der Waals surface area contributed by atoms with Crippen molar-refractivity contribution in [3.63, 3.8) is 0 Å². The minimum Gasteiger partial charge on any atom is -0.308 e. The molecule has 9 aromatic rings. The maximum atomic E-state index is 5.31. The van der Waals surface area contributed by atoms with Gasteiger partial charge < -0.3 is 4.57 Å². The number of aromatic nitrogens is 3. The summed E-state index contributed by atoms with van der Waals surface area (Å²) in [6, 6.07) is 58.7. The van der Waals surface area contributed by atoms with Gasteiger partial charge in [0.1, 0.15) is 0 Å². The van der Waals surface area contributed by atoms with Crippen molar-refractivity contribution in [2.24, 2.45) is 0 Å². The van der Waals surface area contributed by atoms with Crippen LogP contribution in [0.15, 0.2) is 164 Å². The molecular formula is C47H33N3. The molecule has 0 N–H and O–H groups in total. The Labute approximate surface area is 291 Å². The maximum Gasteiger partial charge on any atom is 0.162 e. The van der Waals surface area contributed by atoms with Crippen molar-refractivity contribution >= 4 is 32.7 Å². The second kappa shape index (κ2) is 10.8. The van der Waals surface area contributed by atoms with Crippen molar-refractivity contribution in [2.75, 3.05) is 0 Å². The van der Waals surface area contributed by atoms with E-state index >= 15 is 0 Å². The average molecular weight is 640 g/mol. The van der Waals surface area contributed by atoms with Gasteiger partial charge in [0, 0.05) is 38.4 Å². The summed E-state index contributed by atoms with van der Waals surface area (Å²) in [6.45, 7) is 4.69. The highest BCUT2D eigenvalue weighted by atomic mass is 15.0. The van der Waals surface area contributed by atoms with Crippen molar-refractivity contribution < 1.29 is 0 Å². The van der Waals surface area contributed by atoms with Crippen LogP contribution in [0, 0.1) is 0 Å². The number of fused-ring (bicyclic) bond motifs is 7. The van der Waals surface area contributed by atoms with E-state index in [0.717, 1.165) is 44.4 Å². The standard InChI is InChI=1S/C47H33N3/c1-47(2)39-24-11-9-19-35(39)43-33(21-14-25-40(43)47)31-27-28-42-38(29-31)34-22-13-23-37(45(34)50(42)32-17-7-4-8-18-32)46-48-41-26-12-10-20-36(41)44(49-46)30-15-5-3-6-16-30/h3-29H,1-2H3. The molecular weight excluding hydrogens is 607 g/mol. The first kappa shape index (κ1) is 28.7. The molecule has 2 aromatic heterocycles. The van der Waals surface area contributed by atoms with Gasteiger partial charge in [-0.05, 0) is 69.8 Å². The van der Waals surface area contributed by atoms with Gasteiger partial charge >= 0.3 is 0 Å². The molecule has 0 radical (unpaired) electrons. The smallest absolute Gasteiger partial charge is 0.162 e. The van der Waals surface area contributed by atoms with Gasteiger partial charge in [-0.15, -0.1) is 0 Å². The molecule has 3 heteroatoms. The molecule has 1 aliphatic carbocycles. The van der Waals surface area contributed by atoms with Crippen LogP contribution in [0.25, 0.3) is 83.3 Å². The van der Waals surface area contributed by atoms with Crippen molar-refractivity contribution in [1.29, 1.82) is 0 Å². The summed E-state index contributed by atoms with van der Waals surface area (Å²) in [4.78, 5) is 10.5. The molecule has 2 heterocycles. The molecule has 50 heavy (non-hydrogen) atoms. The Morgan fingerprint density at radius 1 is 0.480 bits per heavy atom. The molecule has 0 aliphatic heterocycles. The first-order valence-corrected chi connectivity index (χ1v) is 17.3. The fourth-order valence-corrected chi connectivity index (χ4v) is 8.27. The third kappa shape index (κ3) is 4.17. The van der Waals surface area contributed by atoms with Gasteiger partial charge in [0.05, 0.1) is 22.2 Å². The molecule has 7 aromatic carbocycles. The summed E-state index contributed by atoms with van der Waals surface area (Å²) in [5.74, 6) is 0.716. The van der Waals surface area contributed by atoms with Crippen LogP contribution in [0.5, 0.6) is 0 Å². The van der Waals surface area contributed by atoms with E-state index in [-0.39, 0.29) is 5.41 Å². The third-order valence-corrected chi connectivity index (χ3v) is 10.6. The lowest BCUT2D eigenvalue weighted by molar-refractivity contribution is 0.660. The van der Waals surface area contributed by atoms with E-state index in [1.165, 1.54) is 44.2 Å². The van der Waals surface area contributed by atoms with E-state index in [4.69, 9.17) is 9.97 Å². The number of nitrogens with zero attached hydrogens (tertiary/aromatic N) is 3. The van der Waals surface area contributed by atoms with Gasteiger partial charge in [-0.25, -0.2) is 9.97 Å². The van der Waals surface area contributed by atoms with Crippen molar-refractivity contribution in [2.45, 2.75) is 19.3 Å².